The van der Waals surface area contributed by atoms with E-state index < -0.39 is 13.8 Å². The van der Waals surface area contributed by atoms with Crippen LogP contribution in [-0.4, -0.2) is 0 Å². The average Bonchev–Trinajstić information content (AvgIpc) is 0.722. The molecule has 0 rings (SSSR count). The van der Waals surface area contributed by atoms with Crippen molar-refractivity contribution in [2.24, 2.45) is 0 Å². The molecule has 0 aromatic rings. The molecule has 0 saturated heterocycles. The molecule has 0 radical (unpaired) electrons. The van der Waals surface area contributed by atoms with E-state index in [1.54, 1.807) is 0 Å². The van der Waals surface area contributed by atoms with Crippen LogP contribution in [0, 0.1) is 0 Å². The van der Waals surface area contributed by atoms with E-state index in [0.29, 0.717) is 0 Å². The molecule has 0 saturated carbocycles. The van der Waals surface area contributed by atoms with Gasteiger partial charge in [-0.1, -0.05) is 0 Å². The number of hydrogen-bond donors (Lipinski definition) is 0. The Hall–Kier alpha value is 1.06. The molecular weight excluding hydrogens is 174 g/mol. The summed E-state index contributed by atoms with van der Waals surface area (Å²) >= 11 is -5.31. The number of hydrogen-bond acceptors (Lipinski definition) is 0. The van der Waals surface area contributed by atoms with E-state index in [0.717, 1.165) is 0 Å². The molecule has 0 spiro atoms. The number of halogens is 4. The van der Waals surface area contributed by atoms with Gasteiger partial charge in [0.25, 0.3) is 0 Å². The Kier molecular flexibility index (Phi) is 2.03. The molecule has 0 unspecified atom stereocenters. The van der Waals surface area contributed by atoms with E-state index in [1.807, 2.05) is 0 Å². The van der Waals surface area contributed by atoms with Gasteiger partial charge in [0.1, 0.15) is 0 Å². The summed E-state index contributed by atoms with van der Waals surface area (Å²) < 4.78 is 21.5. The van der Waals surface area contributed by atoms with Crippen molar-refractivity contribution in [2.45, 2.75) is 0 Å². The van der Waals surface area contributed by atoms with Crippen molar-refractivity contribution in [1.29, 1.82) is 0 Å². The molecule has 0 aromatic heterocycles. The van der Waals surface area contributed by atoms with Crippen LogP contribution in [0.3, 0.4) is 0 Å². The summed E-state index contributed by atoms with van der Waals surface area (Å²) in [5.74, 6) is 0. The fraction of sp³-hybridized carbons (Fsp3) is 0. The SMILES string of the molecule is [F][Zn]([F])([Cl])[Cl]. The zero-order valence-electron chi connectivity index (χ0n) is 2.22. The quantitative estimate of drug-likeness (QED) is 0.494. The Morgan fingerprint density at radius 2 is 1.20 bits per heavy atom. The van der Waals surface area contributed by atoms with E-state index in [9.17, 15) is 6.63 Å². The van der Waals surface area contributed by atoms with Gasteiger partial charge in [-0.15, -0.1) is 0 Å². The molecule has 0 heterocycles. The predicted octanol–water partition coefficient (Wildman–Crippen LogP) is 2.22. The molecule has 5 heavy (non-hydrogen) atoms. The summed E-state index contributed by atoms with van der Waals surface area (Å²) in [6.45, 7) is 0. The Morgan fingerprint density at radius 1 is 1.20 bits per heavy atom. The summed E-state index contributed by atoms with van der Waals surface area (Å²) in [6.07, 6.45) is 0. The van der Waals surface area contributed by atoms with Gasteiger partial charge in [-0.3, -0.25) is 0 Å². The second-order valence-electron chi connectivity index (χ2n) is 0.606. The standard InChI is InChI=1S/2ClH.2FH.Zn/h4*1H;/q;;;;+4/p-4. The van der Waals surface area contributed by atoms with E-state index in [4.69, 9.17) is 0 Å². The van der Waals surface area contributed by atoms with Gasteiger partial charge in [-0.05, 0) is 0 Å². The normalized spacial score (nSPS) is 8.80. The Labute approximate surface area is 40.1 Å². The molecular formula is Cl2F2Zn. The Balaban J connectivity index is 3.02. The minimum atomic E-state index is -5.31. The zero-order chi connectivity index (χ0) is 4.50. The third kappa shape index (κ3) is 42.0. The second kappa shape index (κ2) is 1.68. The van der Waals surface area contributed by atoms with Crippen molar-refractivity contribution in [1.82, 2.24) is 0 Å². The summed E-state index contributed by atoms with van der Waals surface area (Å²) in [5.41, 5.74) is 0. The van der Waals surface area contributed by atoms with Crippen LogP contribution in [0.2, 0.25) is 0 Å². The van der Waals surface area contributed by atoms with Crippen LogP contribution in [0.15, 0.2) is 0 Å². The van der Waals surface area contributed by atoms with Gasteiger partial charge in [0.2, 0.25) is 0 Å². The first-order valence-electron chi connectivity index (χ1n) is 1.07. The predicted molar refractivity (Wildman–Crippen MR) is 13.9 cm³/mol. The minimum absolute atomic E-state index is 4.18. The molecule has 0 atom stereocenters. The fourth-order valence-electron chi connectivity index (χ4n) is 0. The summed E-state index contributed by atoms with van der Waals surface area (Å²) in [7, 11) is 8.36. The molecule has 5 heteroatoms. The summed E-state index contributed by atoms with van der Waals surface area (Å²) in [4.78, 5) is 0. The van der Waals surface area contributed by atoms with Crippen molar-refractivity contribution in [3.05, 3.63) is 0 Å². The van der Waals surface area contributed by atoms with Crippen LogP contribution in [0.5, 0.6) is 0 Å². The second-order valence-corrected chi connectivity index (χ2v) is 11.5. The van der Waals surface area contributed by atoms with Crippen molar-refractivity contribution in [2.75, 3.05) is 0 Å². The van der Waals surface area contributed by atoms with E-state index in [1.165, 1.54) is 0 Å². The molecule has 30 valence electrons. The van der Waals surface area contributed by atoms with Crippen LogP contribution < -0.4 is 0 Å². The maximum absolute atomic E-state index is 10.8. The van der Waals surface area contributed by atoms with Crippen molar-refractivity contribution >= 4 is 19.4 Å². The van der Waals surface area contributed by atoms with Gasteiger partial charge in [-0.25, -0.2) is 0 Å². The van der Waals surface area contributed by atoms with Gasteiger partial charge in [0, 0.05) is 0 Å². The summed E-state index contributed by atoms with van der Waals surface area (Å²) in [6, 6.07) is 0. The fourth-order valence-corrected chi connectivity index (χ4v) is 0. The molecule has 0 fully saturated rings. The maximum atomic E-state index is 10.8. The van der Waals surface area contributed by atoms with Crippen molar-refractivity contribution < 1.29 is 20.4 Å². The van der Waals surface area contributed by atoms with Crippen LogP contribution in [0.4, 0.5) is 6.63 Å². The monoisotopic (exact) mass is 172 g/mol. The molecule has 0 nitrogen and oxygen atoms in total. The van der Waals surface area contributed by atoms with Gasteiger partial charge in [-0.2, -0.15) is 0 Å². The first-order chi connectivity index (χ1) is 2.00. The third-order valence-electron chi connectivity index (χ3n) is 0. The van der Waals surface area contributed by atoms with E-state index in [2.05, 4.69) is 19.4 Å². The molecule has 0 aromatic carbocycles. The van der Waals surface area contributed by atoms with Crippen LogP contribution in [0.1, 0.15) is 0 Å². The van der Waals surface area contributed by atoms with Crippen molar-refractivity contribution in [3.8, 4) is 0 Å². The third-order valence-corrected chi connectivity index (χ3v) is 0. The average molecular weight is 174 g/mol. The molecule has 0 aliphatic carbocycles. The first kappa shape index (κ1) is 6.06. The first-order valence-corrected chi connectivity index (χ1v) is 11.1. The zero-order valence-corrected chi connectivity index (χ0v) is 6.70. The molecule has 0 aliphatic rings. The van der Waals surface area contributed by atoms with Gasteiger partial charge in [0.15, 0.2) is 0 Å². The molecule has 0 amide bonds. The van der Waals surface area contributed by atoms with Crippen LogP contribution >= 0.6 is 19.4 Å². The molecule has 0 bridgehead atoms. The van der Waals surface area contributed by atoms with Gasteiger partial charge < -0.3 is 0 Å². The number of rotatable bonds is 0. The van der Waals surface area contributed by atoms with Gasteiger partial charge >= 0.3 is 39.8 Å². The van der Waals surface area contributed by atoms with Crippen molar-refractivity contribution in [3.63, 3.8) is 0 Å². The molecule has 0 aliphatic heterocycles. The van der Waals surface area contributed by atoms with Crippen LogP contribution in [0.25, 0.3) is 0 Å². The Bertz CT molecular complexity index is 23.1. The van der Waals surface area contributed by atoms with Crippen LogP contribution in [-0.2, 0) is 13.8 Å². The Morgan fingerprint density at radius 3 is 1.20 bits per heavy atom. The topological polar surface area (TPSA) is 0 Å². The summed E-state index contributed by atoms with van der Waals surface area (Å²) in [5, 5.41) is 0. The van der Waals surface area contributed by atoms with E-state index >= 15 is 0 Å². The van der Waals surface area contributed by atoms with Gasteiger partial charge in [0.05, 0.1) is 0 Å². The molecule has 0 N–H and O–H groups in total. The van der Waals surface area contributed by atoms with E-state index in [-0.39, 0.29) is 0 Å².